The van der Waals surface area contributed by atoms with Gasteiger partial charge in [0.2, 0.25) is 0 Å². The van der Waals surface area contributed by atoms with E-state index < -0.39 is 24.5 Å². The van der Waals surface area contributed by atoms with Crippen LogP contribution in [0.2, 0.25) is 0 Å². The van der Waals surface area contributed by atoms with Crippen LogP contribution in [0, 0.1) is 0 Å². The Morgan fingerprint density at radius 1 is 1.00 bits per heavy atom. The van der Waals surface area contributed by atoms with Gasteiger partial charge in [-0.1, -0.05) is 36.4 Å². The highest BCUT2D eigenvalue weighted by Gasteiger charge is 2.13. The predicted molar refractivity (Wildman–Crippen MR) is 101 cm³/mol. The van der Waals surface area contributed by atoms with Crippen LogP contribution in [0.1, 0.15) is 15.9 Å². The summed E-state index contributed by atoms with van der Waals surface area (Å²) in [6.45, 7) is 0.357. The van der Waals surface area contributed by atoms with E-state index in [9.17, 15) is 14.4 Å². The number of hydrogen-bond donors (Lipinski definition) is 2. The minimum atomic E-state index is -0.736. The zero-order valence-electron chi connectivity index (χ0n) is 15.5. The number of rotatable bonds is 9. The van der Waals surface area contributed by atoms with E-state index in [1.54, 1.807) is 18.2 Å². The Hall–Kier alpha value is -3.39. The number of urea groups is 1. The summed E-state index contributed by atoms with van der Waals surface area (Å²) in [5.41, 5.74) is 1.24. The maximum Gasteiger partial charge on any atom is 0.338 e. The lowest BCUT2D eigenvalue weighted by Crippen LogP contribution is -2.42. The molecule has 2 aromatic rings. The summed E-state index contributed by atoms with van der Waals surface area (Å²) in [4.78, 5) is 35.2. The van der Waals surface area contributed by atoms with Gasteiger partial charge in [0.25, 0.3) is 5.91 Å². The maximum atomic E-state index is 12.1. The standard InChI is InChI=1S/C20H22N2O6/c1-26-11-10-21-20(25)22-18(23)14-28-19(24)16-8-5-9-17(12-16)27-13-15-6-3-2-4-7-15/h2-9,12H,10-11,13-14H2,1H3,(H2,21,22,23,25). The molecule has 2 N–H and O–H groups in total. The van der Waals surface area contributed by atoms with Gasteiger partial charge in [-0.15, -0.1) is 0 Å². The fourth-order valence-corrected chi connectivity index (χ4v) is 2.14. The fourth-order valence-electron chi connectivity index (χ4n) is 2.14. The number of amides is 3. The molecule has 0 fully saturated rings. The first kappa shape index (κ1) is 20.9. The SMILES string of the molecule is COCCNC(=O)NC(=O)COC(=O)c1cccc(OCc2ccccc2)c1. The second-order valence-corrected chi connectivity index (χ2v) is 5.68. The molecular weight excluding hydrogens is 364 g/mol. The summed E-state index contributed by atoms with van der Waals surface area (Å²) in [6.07, 6.45) is 0. The van der Waals surface area contributed by atoms with E-state index in [-0.39, 0.29) is 12.1 Å². The lowest BCUT2D eigenvalue weighted by molar-refractivity contribution is -0.123. The molecule has 0 unspecified atom stereocenters. The molecule has 0 aliphatic carbocycles. The van der Waals surface area contributed by atoms with E-state index in [0.717, 1.165) is 5.56 Å². The Labute approximate surface area is 162 Å². The molecule has 0 radical (unpaired) electrons. The van der Waals surface area contributed by atoms with Crippen LogP contribution in [0.4, 0.5) is 4.79 Å². The van der Waals surface area contributed by atoms with Crippen molar-refractivity contribution >= 4 is 17.9 Å². The van der Waals surface area contributed by atoms with Crippen molar-refractivity contribution in [2.45, 2.75) is 6.61 Å². The summed E-state index contributed by atoms with van der Waals surface area (Å²) in [7, 11) is 1.49. The van der Waals surface area contributed by atoms with Crippen LogP contribution < -0.4 is 15.4 Å². The number of ether oxygens (including phenoxy) is 3. The van der Waals surface area contributed by atoms with Crippen molar-refractivity contribution < 1.29 is 28.6 Å². The lowest BCUT2D eigenvalue weighted by atomic mass is 10.2. The highest BCUT2D eigenvalue weighted by molar-refractivity contribution is 5.97. The van der Waals surface area contributed by atoms with Crippen molar-refractivity contribution in [3.05, 3.63) is 65.7 Å². The van der Waals surface area contributed by atoms with Crippen molar-refractivity contribution in [2.24, 2.45) is 0 Å². The van der Waals surface area contributed by atoms with Crippen molar-refractivity contribution in [3.8, 4) is 5.75 Å². The molecule has 0 saturated carbocycles. The van der Waals surface area contributed by atoms with E-state index in [1.807, 2.05) is 35.6 Å². The van der Waals surface area contributed by atoms with Crippen molar-refractivity contribution in [2.75, 3.05) is 26.9 Å². The van der Waals surface area contributed by atoms with Gasteiger partial charge in [-0.3, -0.25) is 10.1 Å². The molecule has 2 rings (SSSR count). The van der Waals surface area contributed by atoms with E-state index in [4.69, 9.17) is 14.2 Å². The Bertz CT molecular complexity index is 794. The van der Waals surface area contributed by atoms with Crippen LogP contribution in [-0.4, -0.2) is 44.8 Å². The first-order valence-electron chi connectivity index (χ1n) is 8.59. The second-order valence-electron chi connectivity index (χ2n) is 5.68. The van der Waals surface area contributed by atoms with Crippen LogP contribution in [0.3, 0.4) is 0 Å². The molecule has 148 valence electrons. The third-order valence-corrected chi connectivity index (χ3v) is 3.50. The first-order valence-corrected chi connectivity index (χ1v) is 8.59. The van der Waals surface area contributed by atoms with Crippen LogP contribution in [0.25, 0.3) is 0 Å². The summed E-state index contributed by atoms with van der Waals surface area (Å²) in [5, 5.41) is 4.46. The second kappa shape index (κ2) is 11.3. The molecule has 8 nitrogen and oxygen atoms in total. The minimum Gasteiger partial charge on any atom is -0.489 e. The normalized spacial score (nSPS) is 10.0. The molecule has 3 amide bonds. The molecule has 0 bridgehead atoms. The number of esters is 1. The van der Waals surface area contributed by atoms with Crippen molar-refractivity contribution in [1.82, 2.24) is 10.6 Å². The number of carbonyl (C=O) groups excluding carboxylic acids is 3. The summed E-state index contributed by atoms with van der Waals surface area (Å²) in [5.74, 6) is -0.930. The van der Waals surface area contributed by atoms with Crippen LogP contribution in [0.5, 0.6) is 5.75 Å². The fraction of sp³-hybridized carbons (Fsp3) is 0.250. The topological polar surface area (TPSA) is 103 Å². The highest BCUT2D eigenvalue weighted by atomic mass is 16.5. The van der Waals surface area contributed by atoms with Crippen molar-refractivity contribution in [1.29, 1.82) is 0 Å². The van der Waals surface area contributed by atoms with Crippen LogP contribution in [0.15, 0.2) is 54.6 Å². The maximum absolute atomic E-state index is 12.1. The van der Waals surface area contributed by atoms with E-state index >= 15 is 0 Å². The third-order valence-electron chi connectivity index (χ3n) is 3.50. The van der Waals surface area contributed by atoms with Crippen LogP contribution >= 0.6 is 0 Å². The average Bonchev–Trinajstić information content (AvgIpc) is 2.71. The molecule has 2 aromatic carbocycles. The lowest BCUT2D eigenvalue weighted by Gasteiger charge is -2.09. The molecule has 0 aromatic heterocycles. The van der Waals surface area contributed by atoms with Gasteiger partial charge in [-0.2, -0.15) is 0 Å². The largest absolute Gasteiger partial charge is 0.489 e. The Balaban J connectivity index is 1.79. The number of hydrogen-bond acceptors (Lipinski definition) is 6. The molecule has 0 spiro atoms. The molecule has 0 aliphatic heterocycles. The quantitative estimate of drug-likeness (QED) is 0.504. The summed E-state index contributed by atoms with van der Waals surface area (Å²) < 4.78 is 15.4. The van der Waals surface area contributed by atoms with Gasteiger partial charge >= 0.3 is 12.0 Å². The van der Waals surface area contributed by atoms with Gasteiger partial charge < -0.3 is 19.5 Å². The smallest absolute Gasteiger partial charge is 0.338 e. The molecule has 28 heavy (non-hydrogen) atoms. The van der Waals surface area contributed by atoms with E-state index in [1.165, 1.54) is 13.2 Å². The number of imide groups is 1. The van der Waals surface area contributed by atoms with Gasteiger partial charge in [-0.25, -0.2) is 9.59 Å². The molecule has 0 aliphatic rings. The number of benzene rings is 2. The zero-order valence-corrected chi connectivity index (χ0v) is 15.5. The van der Waals surface area contributed by atoms with E-state index in [2.05, 4.69) is 5.32 Å². The molecule has 0 atom stereocenters. The number of carbonyl (C=O) groups is 3. The monoisotopic (exact) mass is 386 g/mol. The predicted octanol–water partition coefficient (Wildman–Crippen LogP) is 1.89. The van der Waals surface area contributed by atoms with Gasteiger partial charge in [0.1, 0.15) is 12.4 Å². The highest BCUT2D eigenvalue weighted by Crippen LogP contribution is 2.16. The first-order chi connectivity index (χ1) is 13.6. The Morgan fingerprint density at radius 3 is 2.54 bits per heavy atom. The Morgan fingerprint density at radius 2 is 1.79 bits per heavy atom. The van der Waals surface area contributed by atoms with Gasteiger partial charge in [0.05, 0.1) is 12.2 Å². The van der Waals surface area contributed by atoms with Gasteiger partial charge in [-0.05, 0) is 23.8 Å². The molecule has 0 heterocycles. The van der Waals surface area contributed by atoms with Gasteiger partial charge in [0, 0.05) is 13.7 Å². The third kappa shape index (κ3) is 7.46. The number of methoxy groups -OCH3 is 1. The summed E-state index contributed by atoms with van der Waals surface area (Å²) in [6, 6.07) is 15.4. The molecule has 0 saturated heterocycles. The number of nitrogens with one attached hydrogen (secondary N) is 2. The zero-order chi connectivity index (χ0) is 20.2. The molecular formula is C20H22N2O6. The van der Waals surface area contributed by atoms with Crippen molar-refractivity contribution in [3.63, 3.8) is 0 Å². The molecule has 8 heteroatoms. The van der Waals surface area contributed by atoms with Gasteiger partial charge in [0.15, 0.2) is 6.61 Å². The van der Waals surface area contributed by atoms with E-state index in [0.29, 0.717) is 19.0 Å². The summed E-state index contributed by atoms with van der Waals surface area (Å²) >= 11 is 0. The van der Waals surface area contributed by atoms with Crippen LogP contribution in [-0.2, 0) is 20.9 Å². The average molecular weight is 386 g/mol. The minimum absolute atomic E-state index is 0.239. The Kier molecular flexibility index (Phi) is 8.48.